The molecular weight excluding hydrogens is 310 g/mol. The Morgan fingerprint density at radius 1 is 1.36 bits per heavy atom. The van der Waals surface area contributed by atoms with Crippen molar-refractivity contribution in [2.75, 3.05) is 39.8 Å². The van der Waals surface area contributed by atoms with Crippen LogP contribution in [0.25, 0.3) is 0 Å². The van der Waals surface area contributed by atoms with Crippen molar-refractivity contribution in [3.63, 3.8) is 0 Å². The van der Waals surface area contributed by atoms with Crippen molar-refractivity contribution >= 4 is 15.9 Å². The third kappa shape index (κ3) is 3.86. The second kappa shape index (κ2) is 6.78. The Balaban J connectivity index is 1.99. The Morgan fingerprint density at radius 2 is 2.00 bits per heavy atom. The minimum atomic E-state index is -3.69. The highest BCUT2D eigenvalue weighted by molar-refractivity contribution is 7.89. The smallest absolute Gasteiger partial charge is 0.289 e. The molecule has 0 spiro atoms. The van der Waals surface area contributed by atoms with Gasteiger partial charge in [-0.3, -0.25) is 9.69 Å². The van der Waals surface area contributed by atoms with Gasteiger partial charge >= 0.3 is 0 Å². The monoisotopic (exact) mass is 331 g/mol. The molecule has 22 heavy (non-hydrogen) atoms. The molecule has 1 aromatic heterocycles. The number of nitrogens with one attached hydrogen (secondary N) is 1. The number of amides is 1. The Hall–Kier alpha value is -1.42. The number of sulfonamides is 1. The first-order chi connectivity index (χ1) is 10.3. The lowest BCUT2D eigenvalue weighted by Gasteiger charge is -2.34. The van der Waals surface area contributed by atoms with Crippen molar-refractivity contribution in [2.24, 2.45) is 0 Å². The fourth-order valence-corrected chi connectivity index (χ4v) is 2.99. The Morgan fingerprint density at radius 3 is 2.55 bits per heavy atom. The van der Waals surface area contributed by atoms with Crippen LogP contribution in [-0.4, -0.2) is 75.1 Å². The van der Waals surface area contributed by atoms with Gasteiger partial charge in [0.05, 0.1) is 6.10 Å². The first kappa shape index (κ1) is 16.9. The van der Waals surface area contributed by atoms with Crippen LogP contribution in [0.1, 0.15) is 17.5 Å². The first-order valence-corrected chi connectivity index (χ1v) is 8.55. The topological polar surface area (TPSA) is 103 Å². The second-order valence-corrected chi connectivity index (χ2v) is 7.09. The van der Waals surface area contributed by atoms with Crippen LogP contribution in [-0.2, 0) is 10.0 Å². The summed E-state index contributed by atoms with van der Waals surface area (Å²) in [6.07, 6.45) is -0.401. The predicted octanol–water partition coefficient (Wildman–Crippen LogP) is -0.674. The number of nitrogens with zero attached hydrogens (tertiary/aromatic N) is 2. The number of β-amino-alcohol motifs (C(OH)–C–C–N with tert-alkyl or cyclic N) is 1. The largest absolute Gasteiger partial charge is 0.438 e. The maximum absolute atomic E-state index is 12.3. The summed E-state index contributed by atoms with van der Waals surface area (Å²) in [5, 5.41) is 9.09. The normalized spacial score (nSPS) is 18.4. The third-order valence-corrected chi connectivity index (χ3v) is 4.79. The van der Waals surface area contributed by atoms with E-state index in [9.17, 15) is 18.3 Å². The zero-order valence-corrected chi connectivity index (χ0v) is 13.5. The van der Waals surface area contributed by atoms with E-state index >= 15 is 0 Å². The molecule has 1 aliphatic rings. The minimum absolute atomic E-state index is 0.0119. The first-order valence-electron chi connectivity index (χ1n) is 7.06. The molecule has 1 fully saturated rings. The molecule has 1 amide bonds. The average molecular weight is 331 g/mol. The van der Waals surface area contributed by atoms with E-state index in [1.807, 2.05) is 0 Å². The molecule has 1 atom stereocenters. The van der Waals surface area contributed by atoms with Crippen LogP contribution in [0.3, 0.4) is 0 Å². The summed E-state index contributed by atoms with van der Waals surface area (Å²) < 4.78 is 30.5. The summed E-state index contributed by atoms with van der Waals surface area (Å²) in [6, 6.07) is 2.64. The summed E-state index contributed by atoms with van der Waals surface area (Å²) in [5.41, 5.74) is 0. The highest BCUT2D eigenvalue weighted by Gasteiger charge is 2.26. The molecule has 1 unspecified atom stereocenters. The molecule has 0 saturated carbocycles. The van der Waals surface area contributed by atoms with Crippen LogP contribution in [0.15, 0.2) is 21.6 Å². The Kier molecular flexibility index (Phi) is 5.22. The van der Waals surface area contributed by atoms with Crippen LogP contribution in [0.4, 0.5) is 0 Å². The summed E-state index contributed by atoms with van der Waals surface area (Å²) in [7, 11) is -2.41. The number of rotatable bonds is 5. The van der Waals surface area contributed by atoms with E-state index in [0.717, 1.165) is 0 Å². The number of piperazine rings is 1. The van der Waals surface area contributed by atoms with Crippen LogP contribution in [0.5, 0.6) is 0 Å². The van der Waals surface area contributed by atoms with Gasteiger partial charge in [0.25, 0.3) is 15.9 Å². The van der Waals surface area contributed by atoms with Gasteiger partial charge in [-0.1, -0.05) is 0 Å². The van der Waals surface area contributed by atoms with Crippen LogP contribution in [0.2, 0.25) is 0 Å². The molecule has 8 nitrogen and oxygen atoms in total. The lowest BCUT2D eigenvalue weighted by atomic mass is 10.2. The molecule has 0 aromatic carbocycles. The highest BCUT2D eigenvalue weighted by Crippen LogP contribution is 2.16. The number of hydrogen-bond acceptors (Lipinski definition) is 6. The lowest BCUT2D eigenvalue weighted by molar-refractivity contribution is 0.0523. The number of hydrogen-bond donors (Lipinski definition) is 2. The summed E-state index contributed by atoms with van der Waals surface area (Å²) in [4.78, 5) is 16.0. The van der Waals surface area contributed by atoms with Gasteiger partial charge in [0.2, 0.25) is 5.09 Å². The van der Waals surface area contributed by atoms with E-state index in [-0.39, 0.29) is 16.8 Å². The number of carbonyl (C=O) groups excluding carboxylic acids is 1. The van der Waals surface area contributed by atoms with E-state index in [0.29, 0.717) is 32.7 Å². The summed E-state index contributed by atoms with van der Waals surface area (Å²) in [5.74, 6) is -0.313. The molecule has 2 N–H and O–H groups in total. The van der Waals surface area contributed by atoms with E-state index in [4.69, 9.17) is 4.42 Å². The molecular formula is C13H21N3O5S. The lowest BCUT2D eigenvalue weighted by Crippen LogP contribution is -2.50. The number of aliphatic hydroxyl groups excluding tert-OH is 1. The van der Waals surface area contributed by atoms with Crippen molar-refractivity contribution in [3.05, 3.63) is 17.9 Å². The molecule has 2 heterocycles. The maximum atomic E-state index is 12.3. The molecule has 1 saturated heterocycles. The number of carbonyl (C=O) groups is 1. The summed E-state index contributed by atoms with van der Waals surface area (Å²) in [6.45, 7) is 4.66. The molecule has 0 radical (unpaired) electrons. The van der Waals surface area contributed by atoms with Gasteiger partial charge in [-0.15, -0.1) is 0 Å². The van der Waals surface area contributed by atoms with Crippen molar-refractivity contribution in [2.45, 2.75) is 18.1 Å². The SMILES string of the molecule is CNS(=O)(=O)c1ccc(C(=O)N2CCN(CC(C)O)CC2)o1. The average Bonchev–Trinajstić information content (AvgIpc) is 2.97. The van der Waals surface area contributed by atoms with Gasteiger partial charge in [0, 0.05) is 32.7 Å². The molecule has 1 aromatic rings. The van der Waals surface area contributed by atoms with Crippen molar-refractivity contribution in [1.82, 2.24) is 14.5 Å². The molecule has 9 heteroatoms. The second-order valence-electron chi connectivity index (χ2n) is 5.27. The van der Waals surface area contributed by atoms with Gasteiger partial charge in [0.1, 0.15) is 0 Å². The molecule has 0 aliphatic carbocycles. The van der Waals surface area contributed by atoms with Crippen LogP contribution < -0.4 is 4.72 Å². The fourth-order valence-electron chi connectivity index (χ4n) is 2.34. The van der Waals surface area contributed by atoms with E-state index in [2.05, 4.69) is 9.62 Å². The van der Waals surface area contributed by atoms with E-state index < -0.39 is 16.1 Å². The number of furan rings is 1. The van der Waals surface area contributed by atoms with Crippen molar-refractivity contribution in [3.8, 4) is 0 Å². The van der Waals surface area contributed by atoms with Gasteiger partial charge in [-0.05, 0) is 26.1 Å². The molecule has 0 bridgehead atoms. The highest BCUT2D eigenvalue weighted by atomic mass is 32.2. The standard InChI is InChI=1S/C13H21N3O5S/c1-10(17)9-15-5-7-16(8-6-15)13(18)11-3-4-12(21-11)22(19,20)14-2/h3-4,10,14,17H,5-9H2,1-2H3. The van der Waals surface area contributed by atoms with Gasteiger partial charge < -0.3 is 14.4 Å². The van der Waals surface area contributed by atoms with Gasteiger partial charge in [0.15, 0.2) is 5.76 Å². The zero-order valence-electron chi connectivity index (χ0n) is 12.7. The maximum Gasteiger partial charge on any atom is 0.289 e. The summed E-state index contributed by atoms with van der Waals surface area (Å²) >= 11 is 0. The van der Waals surface area contributed by atoms with E-state index in [1.165, 1.54) is 19.2 Å². The quantitative estimate of drug-likeness (QED) is 0.741. The Labute approximate surface area is 129 Å². The molecule has 2 rings (SSSR count). The Bertz CT molecular complexity index is 617. The number of aliphatic hydroxyl groups is 1. The van der Waals surface area contributed by atoms with Crippen LogP contribution >= 0.6 is 0 Å². The molecule has 124 valence electrons. The van der Waals surface area contributed by atoms with Gasteiger partial charge in [-0.2, -0.15) is 0 Å². The van der Waals surface area contributed by atoms with Crippen LogP contribution in [0, 0.1) is 0 Å². The van der Waals surface area contributed by atoms with Crippen molar-refractivity contribution < 1.29 is 22.7 Å². The predicted molar refractivity (Wildman–Crippen MR) is 79.0 cm³/mol. The molecule has 1 aliphatic heterocycles. The van der Waals surface area contributed by atoms with Crippen molar-refractivity contribution in [1.29, 1.82) is 0 Å². The van der Waals surface area contributed by atoms with E-state index in [1.54, 1.807) is 11.8 Å². The fraction of sp³-hybridized carbons (Fsp3) is 0.615. The zero-order chi connectivity index (χ0) is 16.3. The third-order valence-electron chi connectivity index (χ3n) is 3.51. The minimum Gasteiger partial charge on any atom is -0.438 e. The van der Waals surface area contributed by atoms with Gasteiger partial charge in [-0.25, -0.2) is 13.1 Å².